The number of hydrogen-bond donors (Lipinski definition) is 1. The lowest BCUT2D eigenvalue weighted by atomic mass is 10.8. The molecule has 1 unspecified atom stereocenters. The van der Waals surface area contributed by atoms with Crippen LogP contribution in [0.15, 0.2) is 0 Å². The lowest BCUT2D eigenvalue weighted by Crippen LogP contribution is -2.03. The van der Waals surface area contributed by atoms with Crippen LogP contribution in [0.5, 0.6) is 0 Å². The van der Waals surface area contributed by atoms with Gasteiger partial charge in [0.05, 0.1) is 6.61 Å². The molecule has 0 saturated carbocycles. The standard InChI is InChI=1S/C4H10NOPS/c1-2-7(8)5-3-4-6-7/h2-4H2,1H3,(H,5,8). The van der Waals surface area contributed by atoms with E-state index in [2.05, 4.69) is 12.0 Å². The van der Waals surface area contributed by atoms with Crippen LogP contribution in [0.4, 0.5) is 0 Å². The van der Waals surface area contributed by atoms with E-state index in [-0.39, 0.29) is 0 Å². The SMILES string of the molecule is CCP1(=S)NCCO1. The summed E-state index contributed by atoms with van der Waals surface area (Å²) in [5.74, 6) is 0. The highest BCUT2D eigenvalue weighted by molar-refractivity contribution is 8.11. The minimum Gasteiger partial charge on any atom is -0.337 e. The normalized spacial score (nSPS) is 38.1. The second kappa shape index (κ2) is 2.44. The molecule has 1 fully saturated rings. The molecular weight excluding hydrogens is 141 g/mol. The monoisotopic (exact) mass is 151 g/mol. The van der Waals surface area contributed by atoms with E-state index < -0.39 is 6.42 Å². The molecule has 0 spiro atoms. The van der Waals surface area contributed by atoms with Crippen LogP contribution in [-0.2, 0) is 16.3 Å². The topological polar surface area (TPSA) is 21.3 Å². The molecule has 0 aliphatic carbocycles. The van der Waals surface area contributed by atoms with Gasteiger partial charge in [-0.05, 0) is 0 Å². The summed E-state index contributed by atoms with van der Waals surface area (Å²) >= 11 is 5.15. The van der Waals surface area contributed by atoms with Crippen molar-refractivity contribution in [3.05, 3.63) is 0 Å². The van der Waals surface area contributed by atoms with Crippen LogP contribution >= 0.6 is 6.42 Å². The van der Waals surface area contributed by atoms with E-state index >= 15 is 0 Å². The predicted molar refractivity (Wildman–Crippen MR) is 38.8 cm³/mol. The molecule has 0 aromatic heterocycles. The average molecular weight is 151 g/mol. The summed E-state index contributed by atoms with van der Waals surface area (Å²) in [4.78, 5) is 0. The highest BCUT2D eigenvalue weighted by atomic mass is 32.4. The largest absolute Gasteiger partial charge is 0.337 e. The van der Waals surface area contributed by atoms with Crippen LogP contribution in [0.25, 0.3) is 0 Å². The molecule has 4 heteroatoms. The van der Waals surface area contributed by atoms with Crippen molar-refractivity contribution in [1.29, 1.82) is 0 Å². The van der Waals surface area contributed by atoms with Crippen molar-refractivity contribution >= 4 is 18.2 Å². The molecule has 1 N–H and O–H groups in total. The molecule has 1 saturated heterocycles. The number of hydrogen-bond acceptors (Lipinski definition) is 2. The van der Waals surface area contributed by atoms with E-state index in [0.29, 0.717) is 0 Å². The summed E-state index contributed by atoms with van der Waals surface area (Å²) in [6.07, 6.45) is -0.493. The zero-order valence-corrected chi connectivity index (χ0v) is 6.60. The zero-order chi connectivity index (χ0) is 6.04. The van der Waals surface area contributed by atoms with Crippen LogP contribution in [0.1, 0.15) is 6.92 Å². The van der Waals surface area contributed by atoms with E-state index in [1.54, 1.807) is 0 Å². The third-order valence-corrected chi connectivity index (χ3v) is 4.79. The minimum absolute atomic E-state index is 0.811. The van der Waals surface area contributed by atoms with Gasteiger partial charge in [-0.25, -0.2) is 0 Å². The predicted octanol–water partition coefficient (Wildman–Crippen LogP) is 0.936. The molecule has 1 aliphatic heterocycles. The summed E-state index contributed by atoms with van der Waals surface area (Å²) in [7, 11) is 0. The van der Waals surface area contributed by atoms with Gasteiger partial charge < -0.3 is 4.52 Å². The van der Waals surface area contributed by atoms with Crippen LogP contribution in [0.2, 0.25) is 0 Å². The van der Waals surface area contributed by atoms with Gasteiger partial charge in [0, 0.05) is 12.7 Å². The second-order valence-corrected chi connectivity index (χ2v) is 6.05. The molecule has 48 valence electrons. The maximum absolute atomic E-state index is 5.30. The maximum Gasteiger partial charge on any atom is 0.129 e. The van der Waals surface area contributed by atoms with Gasteiger partial charge in [-0.3, -0.25) is 5.09 Å². The first kappa shape index (κ1) is 6.69. The van der Waals surface area contributed by atoms with E-state index in [1.165, 1.54) is 0 Å². The van der Waals surface area contributed by atoms with Crippen molar-refractivity contribution in [3.63, 3.8) is 0 Å². The number of rotatable bonds is 1. The number of nitrogens with one attached hydrogen (secondary N) is 1. The van der Waals surface area contributed by atoms with E-state index in [0.717, 1.165) is 19.3 Å². The van der Waals surface area contributed by atoms with Gasteiger partial charge in [0.1, 0.15) is 6.42 Å². The highest BCUT2D eigenvalue weighted by Gasteiger charge is 2.19. The Morgan fingerprint density at radius 2 is 2.62 bits per heavy atom. The van der Waals surface area contributed by atoms with Crippen molar-refractivity contribution in [2.45, 2.75) is 6.92 Å². The first-order valence-corrected chi connectivity index (χ1v) is 5.66. The van der Waals surface area contributed by atoms with Gasteiger partial charge in [0.15, 0.2) is 0 Å². The van der Waals surface area contributed by atoms with E-state index in [9.17, 15) is 0 Å². The summed E-state index contributed by atoms with van der Waals surface area (Å²) < 4.78 is 5.30. The van der Waals surface area contributed by atoms with Crippen LogP contribution in [0.3, 0.4) is 0 Å². The fourth-order valence-corrected chi connectivity index (χ4v) is 2.47. The fraction of sp³-hybridized carbons (Fsp3) is 1.00. The van der Waals surface area contributed by atoms with Gasteiger partial charge in [0.25, 0.3) is 0 Å². The Balaban J connectivity index is 2.53. The minimum atomic E-state index is -1.47. The Kier molecular flexibility index (Phi) is 2.04. The Labute approximate surface area is 54.8 Å². The van der Waals surface area contributed by atoms with Crippen molar-refractivity contribution in [3.8, 4) is 0 Å². The average Bonchev–Trinajstić information content (AvgIpc) is 2.17. The van der Waals surface area contributed by atoms with E-state index in [1.807, 2.05) is 0 Å². The Bertz CT molecular complexity index is 117. The quantitative estimate of drug-likeness (QED) is 0.563. The zero-order valence-electron chi connectivity index (χ0n) is 4.89. The van der Waals surface area contributed by atoms with Gasteiger partial charge in [-0.1, -0.05) is 18.7 Å². The molecule has 1 rings (SSSR count). The van der Waals surface area contributed by atoms with Gasteiger partial charge >= 0.3 is 0 Å². The first-order valence-electron chi connectivity index (χ1n) is 2.75. The molecule has 0 amide bonds. The van der Waals surface area contributed by atoms with E-state index in [4.69, 9.17) is 16.3 Å². The second-order valence-electron chi connectivity index (χ2n) is 1.73. The van der Waals surface area contributed by atoms with Crippen molar-refractivity contribution in [2.75, 3.05) is 19.3 Å². The van der Waals surface area contributed by atoms with Crippen molar-refractivity contribution in [1.82, 2.24) is 5.09 Å². The molecular formula is C4H10NOPS. The molecule has 0 bridgehead atoms. The Hall–Kier alpha value is 0.570. The van der Waals surface area contributed by atoms with Crippen LogP contribution in [0, 0.1) is 0 Å². The molecule has 2 nitrogen and oxygen atoms in total. The summed E-state index contributed by atoms with van der Waals surface area (Å²) in [5.41, 5.74) is 0. The smallest absolute Gasteiger partial charge is 0.129 e. The molecule has 8 heavy (non-hydrogen) atoms. The third-order valence-electron chi connectivity index (χ3n) is 1.17. The molecule has 1 atom stereocenters. The third kappa shape index (κ3) is 1.29. The Morgan fingerprint density at radius 3 is 2.88 bits per heavy atom. The molecule has 1 aliphatic rings. The van der Waals surface area contributed by atoms with Crippen molar-refractivity contribution in [2.24, 2.45) is 0 Å². The van der Waals surface area contributed by atoms with Crippen molar-refractivity contribution < 1.29 is 4.52 Å². The summed E-state index contributed by atoms with van der Waals surface area (Å²) in [6.45, 7) is 3.83. The molecule has 1 heterocycles. The summed E-state index contributed by atoms with van der Waals surface area (Å²) in [6, 6.07) is 0. The van der Waals surface area contributed by atoms with Gasteiger partial charge in [0.2, 0.25) is 0 Å². The Morgan fingerprint density at radius 1 is 1.88 bits per heavy atom. The van der Waals surface area contributed by atoms with Crippen LogP contribution in [-0.4, -0.2) is 19.3 Å². The van der Waals surface area contributed by atoms with Gasteiger partial charge in [-0.2, -0.15) is 0 Å². The first-order chi connectivity index (χ1) is 3.77. The molecule has 0 radical (unpaired) electrons. The maximum atomic E-state index is 5.30. The summed E-state index contributed by atoms with van der Waals surface area (Å²) in [5, 5.41) is 3.19. The molecule has 0 aromatic rings. The lowest BCUT2D eigenvalue weighted by Gasteiger charge is -2.09. The lowest BCUT2D eigenvalue weighted by molar-refractivity contribution is 0.397. The van der Waals surface area contributed by atoms with Crippen LogP contribution < -0.4 is 5.09 Å². The highest BCUT2D eigenvalue weighted by Crippen LogP contribution is 2.44. The molecule has 0 aromatic carbocycles. The fourth-order valence-electron chi connectivity index (χ4n) is 0.658. The van der Waals surface area contributed by atoms with Gasteiger partial charge in [-0.15, -0.1) is 0 Å².